The van der Waals surface area contributed by atoms with E-state index in [4.69, 9.17) is 0 Å². The highest BCUT2D eigenvalue weighted by atomic mass is 16.6. The molecule has 0 saturated heterocycles. The summed E-state index contributed by atoms with van der Waals surface area (Å²) in [6, 6.07) is 0.940. The van der Waals surface area contributed by atoms with Crippen molar-refractivity contribution in [3.05, 3.63) is 37.4 Å². The van der Waals surface area contributed by atoms with E-state index < -0.39 is 21.4 Å². The lowest BCUT2D eigenvalue weighted by Crippen LogP contribution is -2.15. The van der Waals surface area contributed by atoms with Gasteiger partial charge >= 0.3 is 0 Å². The van der Waals surface area contributed by atoms with E-state index in [0.29, 0.717) is 24.0 Å². The van der Waals surface area contributed by atoms with Crippen molar-refractivity contribution in [3.8, 4) is 0 Å². The molecule has 0 fully saturated rings. The number of nitrogens with zero attached hydrogens (tertiary/aromatic N) is 2. The van der Waals surface area contributed by atoms with Crippen molar-refractivity contribution in [3.63, 3.8) is 0 Å². The van der Waals surface area contributed by atoms with Gasteiger partial charge in [0.1, 0.15) is 5.69 Å². The molecule has 0 heterocycles. The van der Waals surface area contributed by atoms with Crippen molar-refractivity contribution in [1.82, 2.24) is 0 Å². The molecule has 0 radical (unpaired) electrons. The van der Waals surface area contributed by atoms with Crippen LogP contribution in [0.4, 0.5) is 17.1 Å². The topological polar surface area (TPSA) is 115 Å². The van der Waals surface area contributed by atoms with Gasteiger partial charge in [-0.05, 0) is 31.2 Å². The van der Waals surface area contributed by atoms with Gasteiger partial charge in [-0.3, -0.25) is 25.0 Å². The van der Waals surface area contributed by atoms with Gasteiger partial charge in [0.2, 0.25) is 5.91 Å². The van der Waals surface area contributed by atoms with E-state index in [9.17, 15) is 25.0 Å². The molecule has 0 atom stereocenters. The van der Waals surface area contributed by atoms with Crippen LogP contribution < -0.4 is 5.32 Å². The zero-order valence-electron chi connectivity index (χ0n) is 10.8. The highest BCUT2D eigenvalue weighted by Gasteiger charge is 2.31. The minimum atomic E-state index is -0.701. The van der Waals surface area contributed by atoms with Gasteiger partial charge < -0.3 is 5.32 Å². The lowest BCUT2D eigenvalue weighted by atomic mass is 9.88. The number of nitrogens with one attached hydrogen (secondary N) is 1. The summed E-state index contributed by atoms with van der Waals surface area (Å²) in [6.45, 7) is 1.25. The van der Waals surface area contributed by atoms with Crippen LogP contribution in [0.1, 0.15) is 30.9 Å². The maximum absolute atomic E-state index is 11.2. The van der Waals surface area contributed by atoms with E-state index in [1.165, 1.54) is 6.92 Å². The molecule has 0 saturated carbocycles. The number of rotatable bonds is 3. The molecule has 0 aromatic heterocycles. The fourth-order valence-corrected chi connectivity index (χ4v) is 2.53. The quantitative estimate of drug-likeness (QED) is 0.673. The number of nitro groups is 2. The molecule has 0 unspecified atom stereocenters. The predicted molar refractivity (Wildman–Crippen MR) is 70.7 cm³/mol. The maximum atomic E-state index is 11.2. The van der Waals surface area contributed by atoms with Gasteiger partial charge in [0.05, 0.1) is 15.9 Å². The standard InChI is InChI=1S/C12H13N3O5/c1-7(16)13-12-9-5-3-2-4-8(9)10(14(17)18)6-11(12)15(19)20/h6H,2-5H2,1H3,(H,13,16). The van der Waals surface area contributed by atoms with Crippen LogP contribution in [-0.2, 0) is 17.6 Å². The van der Waals surface area contributed by atoms with Crippen LogP contribution in [0.15, 0.2) is 6.07 Å². The summed E-state index contributed by atoms with van der Waals surface area (Å²) in [5.74, 6) is -0.435. The molecule has 8 heteroatoms. The Hall–Kier alpha value is -2.51. The first-order valence-electron chi connectivity index (χ1n) is 6.17. The molecule has 2 rings (SSSR count). The lowest BCUT2D eigenvalue weighted by Gasteiger charge is -2.19. The number of nitro benzene ring substituents is 2. The molecular weight excluding hydrogens is 266 g/mol. The Labute approximate surface area is 114 Å². The Balaban J connectivity index is 2.73. The van der Waals surface area contributed by atoms with E-state index >= 15 is 0 Å². The van der Waals surface area contributed by atoms with Crippen LogP contribution in [0.2, 0.25) is 0 Å². The lowest BCUT2D eigenvalue weighted by molar-refractivity contribution is -0.394. The number of hydrogen-bond acceptors (Lipinski definition) is 5. The highest BCUT2D eigenvalue weighted by molar-refractivity contribution is 5.93. The third-order valence-corrected chi connectivity index (χ3v) is 3.30. The summed E-state index contributed by atoms with van der Waals surface area (Å²) in [4.78, 5) is 32.1. The van der Waals surface area contributed by atoms with Crippen molar-refractivity contribution >= 4 is 23.0 Å². The van der Waals surface area contributed by atoms with Crippen LogP contribution >= 0.6 is 0 Å². The number of hydrogen-bond donors (Lipinski definition) is 1. The van der Waals surface area contributed by atoms with Gasteiger partial charge in [-0.1, -0.05) is 0 Å². The van der Waals surface area contributed by atoms with E-state index in [2.05, 4.69) is 5.32 Å². The van der Waals surface area contributed by atoms with Crippen molar-refractivity contribution in [2.24, 2.45) is 0 Å². The Bertz CT molecular complexity index is 612. The second-order valence-corrected chi connectivity index (χ2v) is 4.65. The Kier molecular flexibility index (Phi) is 3.64. The molecule has 1 amide bonds. The Morgan fingerprint density at radius 1 is 1.10 bits per heavy atom. The first-order chi connectivity index (χ1) is 9.41. The van der Waals surface area contributed by atoms with Crippen molar-refractivity contribution < 1.29 is 14.6 Å². The number of benzene rings is 1. The van der Waals surface area contributed by atoms with E-state index in [1.807, 2.05) is 0 Å². The fourth-order valence-electron chi connectivity index (χ4n) is 2.53. The summed E-state index contributed by atoms with van der Waals surface area (Å²) >= 11 is 0. The third kappa shape index (κ3) is 2.44. The van der Waals surface area contributed by atoms with Crippen LogP contribution in [0.3, 0.4) is 0 Å². The Morgan fingerprint density at radius 3 is 2.15 bits per heavy atom. The molecule has 106 valence electrons. The largest absolute Gasteiger partial charge is 0.320 e. The molecule has 1 aliphatic rings. The van der Waals surface area contributed by atoms with Gasteiger partial charge in [-0.2, -0.15) is 0 Å². The predicted octanol–water partition coefficient (Wildman–Crippen LogP) is 2.34. The molecule has 20 heavy (non-hydrogen) atoms. The number of anilines is 1. The average molecular weight is 279 g/mol. The van der Waals surface area contributed by atoms with Crippen LogP contribution in [0, 0.1) is 20.2 Å². The molecule has 8 nitrogen and oxygen atoms in total. The van der Waals surface area contributed by atoms with E-state index in [0.717, 1.165) is 18.9 Å². The van der Waals surface area contributed by atoms with Crippen molar-refractivity contribution in [2.75, 3.05) is 5.32 Å². The molecule has 0 spiro atoms. The summed E-state index contributed by atoms with van der Waals surface area (Å²) < 4.78 is 0. The van der Waals surface area contributed by atoms with Crippen molar-refractivity contribution in [1.29, 1.82) is 0 Å². The van der Waals surface area contributed by atoms with Crippen LogP contribution in [0.25, 0.3) is 0 Å². The SMILES string of the molecule is CC(=O)Nc1c([N+](=O)[O-])cc([N+](=O)[O-])c2c1CCCC2. The third-order valence-electron chi connectivity index (χ3n) is 3.30. The summed E-state index contributed by atoms with van der Waals surface area (Å²) in [6.07, 6.45) is 2.58. The molecular formula is C12H13N3O5. The molecule has 0 bridgehead atoms. The monoisotopic (exact) mass is 279 g/mol. The Morgan fingerprint density at radius 2 is 1.65 bits per heavy atom. The highest BCUT2D eigenvalue weighted by Crippen LogP contribution is 2.41. The van der Waals surface area contributed by atoms with E-state index in [1.54, 1.807) is 0 Å². The maximum Gasteiger partial charge on any atom is 0.299 e. The normalized spacial score (nSPS) is 13.4. The molecule has 1 N–H and O–H groups in total. The minimum absolute atomic E-state index is 0.0998. The average Bonchev–Trinajstić information content (AvgIpc) is 2.37. The molecule has 1 aliphatic carbocycles. The molecule has 1 aromatic rings. The number of amides is 1. The van der Waals surface area contributed by atoms with Gasteiger partial charge in [-0.25, -0.2) is 0 Å². The van der Waals surface area contributed by atoms with Gasteiger partial charge in [0.15, 0.2) is 0 Å². The van der Waals surface area contributed by atoms with E-state index in [-0.39, 0.29) is 11.4 Å². The molecule has 1 aromatic carbocycles. The van der Waals surface area contributed by atoms with Crippen molar-refractivity contribution in [2.45, 2.75) is 32.6 Å². The second-order valence-electron chi connectivity index (χ2n) is 4.65. The number of fused-ring (bicyclic) bond motifs is 1. The number of carbonyl (C=O) groups is 1. The summed E-state index contributed by atoms with van der Waals surface area (Å²) in [5.41, 5.74) is 0.457. The molecule has 0 aliphatic heterocycles. The fraction of sp³-hybridized carbons (Fsp3) is 0.417. The first kappa shape index (κ1) is 13.9. The minimum Gasteiger partial charge on any atom is -0.320 e. The van der Waals surface area contributed by atoms with Crippen LogP contribution in [0.5, 0.6) is 0 Å². The second kappa shape index (κ2) is 5.24. The number of carbonyl (C=O) groups excluding carboxylic acids is 1. The summed E-state index contributed by atoms with van der Waals surface area (Å²) in [5, 5.41) is 24.6. The summed E-state index contributed by atoms with van der Waals surface area (Å²) in [7, 11) is 0. The van der Waals surface area contributed by atoms with Crippen LogP contribution in [-0.4, -0.2) is 15.8 Å². The smallest absolute Gasteiger partial charge is 0.299 e. The zero-order valence-corrected chi connectivity index (χ0v) is 10.8. The zero-order chi connectivity index (χ0) is 14.9. The first-order valence-corrected chi connectivity index (χ1v) is 6.17. The van der Waals surface area contributed by atoms with Gasteiger partial charge in [0.25, 0.3) is 11.4 Å². The van der Waals surface area contributed by atoms with Gasteiger partial charge in [0, 0.05) is 12.5 Å². The van der Waals surface area contributed by atoms with Gasteiger partial charge in [-0.15, -0.1) is 0 Å².